The Labute approximate surface area is 109 Å². The molecule has 1 saturated heterocycles. The Morgan fingerprint density at radius 1 is 1.42 bits per heavy atom. The molecule has 3 N–H and O–H groups in total. The third-order valence-corrected chi connectivity index (χ3v) is 3.07. The Balaban J connectivity index is 2.07. The number of hydrogen-bond acceptors (Lipinski definition) is 3. The number of hydrogen-bond donors (Lipinski definition) is 3. The van der Waals surface area contributed by atoms with Crippen molar-refractivity contribution in [3.8, 4) is 0 Å². The zero-order valence-corrected chi connectivity index (χ0v) is 10.4. The molecule has 2 rings (SSSR count). The van der Waals surface area contributed by atoms with Crippen LogP contribution in [0, 0.1) is 12.8 Å². The first-order valence-electron chi connectivity index (χ1n) is 5.89. The Hall–Kier alpha value is -2.37. The van der Waals surface area contributed by atoms with Crippen molar-refractivity contribution in [2.75, 3.05) is 11.9 Å². The molecule has 0 aromatic heterocycles. The second-order valence-corrected chi connectivity index (χ2v) is 4.53. The lowest BCUT2D eigenvalue weighted by atomic mass is 10.1. The Kier molecular flexibility index (Phi) is 3.50. The van der Waals surface area contributed by atoms with Crippen LogP contribution in [0.2, 0.25) is 0 Å². The monoisotopic (exact) mass is 262 g/mol. The Bertz CT molecular complexity index is 554. The van der Waals surface area contributed by atoms with Crippen LogP contribution in [-0.4, -0.2) is 29.4 Å². The fourth-order valence-corrected chi connectivity index (χ4v) is 2.02. The van der Waals surface area contributed by atoms with Crippen LogP contribution < -0.4 is 10.6 Å². The number of amides is 2. The predicted molar refractivity (Wildman–Crippen MR) is 67.9 cm³/mol. The van der Waals surface area contributed by atoms with Gasteiger partial charge < -0.3 is 15.7 Å². The molecule has 100 valence electrons. The molecule has 0 bridgehead atoms. The number of carbonyl (C=O) groups excluding carboxylic acids is 2. The van der Waals surface area contributed by atoms with E-state index in [-0.39, 0.29) is 29.7 Å². The van der Waals surface area contributed by atoms with E-state index in [2.05, 4.69) is 10.6 Å². The molecule has 1 unspecified atom stereocenters. The van der Waals surface area contributed by atoms with E-state index in [9.17, 15) is 14.4 Å². The van der Waals surface area contributed by atoms with Crippen molar-refractivity contribution in [3.05, 3.63) is 29.3 Å². The standard InChI is InChI=1S/C13H14N2O4/c1-7-4-9(2-3-10(7)13(18)19)15-12(17)8-5-11(16)14-6-8/h2-4,8H,5-6H2,1H3,(H,14,16)(H,15,17)(H,18,19). The van der Waals surface area contributed by atoms with Crippen molar-refractivity contribution in [3.63, 3.8) is 0 Å². The average Bonchev–Trinajstić information content (AvgIpc) is 2.75. The molecule has 0 radical (unpaired) electrons. The molecule has 1 fully saturated rings. The summed E-state index contributed by atoms with van der Waals surface area (Å²) in [4.78, 5) is 33.8. The second kappa shape index (κ2) is 5.09. The van der Waals surface area contributed by atoms with Crippen molar-refractivity contribution in [2.45, 2.75) is 13.3 Å². The first-order valence-corrected chi connectivity index (χ1v) is 5.89. The lowest BCUT2D eigenvalue weighted by Gasteiger charge is -2.10. The highest BCUT2D eigenvalue weighted by atomic mass is 16.4. The van der Waals surface area contributed by atoms with Gasteiger partial charge in [0.1, 0.15) is 0 Å². The third kappa shape index (κ3) is 2.90. The van der Waals surface area contributed by atoms with Crippen LogP contribution in [0.3, 0.4) is 0 Å². The summed E-state index contributed by atoms with van der Waals surface area (Å²) < 4.78 is 0. The molecular weight excluding hydrogens is 248 g/mol. The number of anilines is 1. The van der Waals surface area contributed by atoms with Gasteiger partial charge in [0.2, 0.25) is 11.8 Å². The molecule has 1 atom stereocenters. The molecule has 0 aliphatic carbocycles. The summed E-state index contributed by atoms with van der Waals surface area (Å²) in [5, 5.41) is 14.2. The van der Waals surface area contributed by atoms with Crippen LogP contribution >= 0.6 is 0 Å². The summed E-state index contributed by atoms with van der Waals surface area (Å²) in [6, 6.07) is 4.59. The third-order valence-electron chi connectivity index (χ3n) is 3.07. The van der Waals surface area contributed by atoms with E-state index in [4.69, 9.17) is 5.11 Å². The maximum absolute atomic E-state index is 11.9. The normalized spacial score (nSPS) is 17.9. The Morgan fingerprint density at radius 3 is 2.68 bits per heavy atom. The molecule has 0 saturated carbocycles. The highest BCUT2D eigenvalue weighted by Gasteiger charge is 2.27. The number of benzene rings is 1. The van der Waals surface area contributed by atoms with Gasteiger partial charge in [0.25, 0.3) is 0 Å². The van der Waals surface area contributed by atoms with Gasteiger partial charge in [-0.05, 0) is 30.7 Å². The average molecular weight is 262 g/mol. The Morgan fingerprint density at radius 2 is 2.16 bits per heavy atom. The summed E-state index contributed by atoms with van der Waals surface area (Å²) in [6.07, 6.45) is 0.192. The van der Waals surface area contributed by atoms with Crippen LogP contribution in [0.1, 0.15) is 22.3 Å². The number of rotatable bonds is 3. The lowest BCUT2D eigenvalue weighted by molar-refractivity contribution is -0.123. The van der Waals surface area contributed by atoms with E-state index >= 15 is 0 Å². The van der Waals surface area contributed by atoms with Gasteiger partial charge in [-0.25, -0.2) is 4.79 Å². The number of carboxylic acid groups (broad SMARTS) is 1. The van der Waals surface area contributed by atoms with Gasteiger partial charge >= 0.3 is 5.97 Å². The van der Waals surface area contributed by atoms with Gasteiger partial charge in [-0.3, -0.25) is 9.59 Å². The molecule has 1 heterocycles. The number of aryl methyl sites for hydroxylation is 1. The van der Waals surface area contributed by atoms with E-state index in [1.54, 1.807) is 19.1 Å². The molecule has 6 nitrogen and oxygen atoms in total. The van der Waals surface area contributed by atoms with Gasteiger partial charge in [-0.2, -0.15) is 0 Å². The molecule has 1 aromatic rings. The zero-order chi connectivity index (χ0) is 14.0. The SMILES string of the molecule is Cc1cc(NC(=O)C2CNC(=O)C2)ccc1C(=O)O. The van der Waals surface area contributed by atoms with Crippen LogP contribution in [0.15, 0.2) is 18.2 Å². The molecular formula is C13H14N2O4. The van der Waals surface area contributed by atoms with E-state index in [0.717, 1.165) is 0 Å². The highest BCUT2D eigenvalue weighted by molar-refractivity contribution is 5.98. The molecule has 0 spiro atoms. The smallest absolute Gasteiger partial charge is 0.335 e. The van der Waals surface area contributed by atoms with Crippen molar-refractivity contribution >= 4 is 23.5 Å². The maximum Gasteiger partial charge on any atom is 0.335 e. The molecule has 1 aliphatic heterocycles. The zero-order valence-electron chi connectivity index (χ0n) is 10.4. The first kappa shape index (κ1) is 13.1. The van der Waals surface area contributed by atoms with E-state index in [1.165, 1.54) is 6.07 Å². The van der Waals surface area contributed by atoms with Gasteiger partial charge in [-0.1, -0.05) is 0 Å². The van der Waals surface area contributed by atoms with Crippen molar-refractivity contribution in [1.29, 1.82) is 0 Å². The van der Waals surface area contributed by atoms with Crippen LogP contribution in [-0.2, 0) is 9.59 Å². The summed E-state index contributed by atoms with van der Waals surface area (Å²) in [5.41, 5.74) is 1.31. The number of nitrogens with one attached hydrogen (secondary N) is 2. The largest absolute Gasteiger partial charge is 0.478 e. The van der Waals surface area contributed by atoms with Gasteiger partial charge in [-0.15, -0.1) is 0 Å². The number of aromatic carboxylic acids is 1. The minimum atomic E-state index is -0.999. The fraction of sp³-hybridized carbons (Fsp3) is 0.308. The van der Waals surface area contributed by atoms with Crippen LogP contribution in [0.4, 0.5) is 5.69 Å². The van der Waals surface area contributed by atoms with E-state index < -0.39 is 5.97 Å². The summed E-state index contributed by atoms with van der Waals surface area (Å²) in [5.74, 6) is -1.73. The number of carbonyl (C=O) groups is 3. The molecule has 2 amide bonds. The summed E-state index contributed by atoms with van der Waals surface area (Å²) >= 11 is 0. The molecule has 19 heavy (non-hydrogen) atoms. The highest BCUT2D eigenvalue weighted by Crippen LogP contribution is 2.17. The number of carboxylic acids is 1. The fourth-order valence-electron chi connectivity index (χ4n) is 2.02. The maximum atomic E-state index is 11.9. The van der Waals surface area contributed by atoms with Crippen LogP contribution in [0.5, 0.6) is 0 Å². The minimum absolute atomic E-state index is 0.127. The van der Waals surface area contributed by atoms with Crippen molar-refractivity contribution < 1.29 is 19.5 Å². The van der Waals surface area contributed by atoms with Crippen LogP contribution in [0.25, 0.3) is 0 Å². The topological polar surface area (TPSA) is 95.5 Å². The van der Waals surface area contributed by atoms with E-state index in [1.807, 2.05) is 0 Å². The molecule has 1 aliphatic rings. The summed E-state index contributed by atoms with van der Waals surface area (Å²) in [6.45, 7) is 2.01. The molecule has 6 heteroatoms. The second-order valence-electron chi connectivity index (χ2n) is 4.53. The van der Waals surface area contributed by atoms with E-state index in [0.29, 0.717) is 17.8 Å². The lowest BCUT2D eigenvalue weighted by Crippen LogP contribution is -2.24. The van der Waals surface area contributed by atoms with Gasteiger partial charge in [0, 0.05) is 18.7 Å². The van der Waals surface area contributed by atoms with Crippen molar-refractivity contribution in [1.82, 2.24) is 5.32 Å². The van der Waals surface area contributed by atoms with Gasteiger partial charge in [0.15, 0.2) is 0 Å². The predicted octanol–water partition coefficient (Wildman–Crippen LogP) is 0.768. The van der Waals surface area contributed by atoms with Gasteiger partial charge in [0.05, 0.1) is 11.5 Å². The first-order chi connectivity index (χ1) is 8.97. The van der Waals surface area contributed by atoms with Crippen molar-refractivity contribution in [2.24, 2.45) is 5.92 Å². The minimum Gasteiger partial charge on any atom is -0.478 e. The summed E-state index contributed by atoms with van der Waals surface area (Å²) in [7, 11) is 0. The molecule has 1 aromatic carbocycles. The quantitative estimate of drug-likeness (QED) is 0.749.